The Balaban J connectivity index is 1.59. The quantitative estimate of drug-likeness (QED) is 0.0741. The molecule has 2 fully saturated rings. The van der Waals surface area contributed by atoms with Crippen LogP contribution < -0.4 is 33.6 Å². The predicted octanol–water partition coefficient (Wildman–Crippen LogP) is 1.86. The summed E-state index contributed by atoms with van der Waals surface area (Å²) in [7, 11) is 0. The van der Waals surface area contributed by atoms with E-state index in [9.17, 15) is 35.9 Å². The van der Waals surface area contributed by atoms with E-state index in [0.29, 0.717) is 17.5 Å². The summed E-state index contributed by atoms with van der Waals surface area (Å²) in [6.45, 7) is 0.0114. The highest BCUT2D eigenvalue weighted by molar-refractivity contribution is 5.89. The first-order chi connectivity index (χ1) is 23.1. The fourth-order valence-corrected chi connectivity index (χ4v) is 6.38. The summed E-state index contributed by atoms with van der Waals surface area (Å²) in [5, 5.41) is 5.50. The molecule has 2 aromatic rings. The number of nitrogens with one attached hydrogen (secondary N) is 2. The summed E-state index contributed by atoms with van der Waals surface area (Å²) in [6.07, 6.45) is -10.3. The molecule has 0 aromatic heterocycles. The standard InChI is InChI=1S/C31H38F6N8O4/c32-30(33,34)18-5-1-16(2-6-18)14-48-24-20-13-21(25(24)49-15-17-3-7-19(8-4-17)31(35,36)37)23(27(47)43-10-12-45-29(40)41)22(20)26(46)42-9-11-44-28(38)39/h1-8,20-25H,9-15H2,(H,42,46)(H,43,47)(H4,38,39,44)(H4,40,41,45)/t20-,21+,22-,23-,24-,25+/m1/s1. The smallest absolute Gasteiger partial charge is 0.371 e. The van der Waals surface area contributed by atoms with Gasteiger partial charge in [-0.15, -0.1) is 0 Å². The average molecular weight is 701 g/mol. The molecule has 0 unspecified atom stereocenters. The molecule has 0 saturated heterocycles. The number of alkyl halides is 6. The van der Waals surface area contributed by atoms with Gasteiger partial charge in [-0.25, -0.2) is 0 Å². The lowest BCUT2D eigenvalue weighted by Gasteiger charge is -2.39. The van der Waals surface area contributed by atoms with E-state index in [0.717, 1.165) is 24.3 Å². The number of ether oxygens (including phenoxy) is 2. The maximum Gasteiger partial charge on any atom is 0.416 e. The maximum atomic E-state index is 13.6. The van der Waals surface area contributed by atoms with Gasteiger partial charge in [0.2, 0.25) is 11.8 Å². The molecule has 0 radical (unpaired) electrons. The van der Waals surface area contributed by atoms with Gasteiger partial charge >= 0.3 is 12.4 Å². The van der Waals surface area contributed by atoms with Gasteiger partial charge < -0.3 is 43.0 Å². The molecule has 268 valence electrons. The minimum atomic E-state index is -4.53. The first-order valence-electron chi connectivity index (χ1n) is 15.3. The van der Waals surface area contributed by atoms with Crippen molar-refractivity contribution >= 4 is 23.7 Å². The van der Waals surface area contributed by atoms with Gasteiger partial charge in [0.1, 0.15) is 0 Å². The van der Waals surface area contributed by atoms with Crippen molar-refractivity contribution in [3.63, 3.8) is 0 Å². The number of carbonyl (C=O) groups excluding carboxylic acids is 2. The van der Waals surface area contributed by atoms with Crippen LogP contribution in [0.5, 0.6) is 0 Å². The van der Waals surface area contributed by atoms with E-state index >= 15 is 0 Å². The van der Waals surface area contributed by atoms with Crippen LogP contribution in [-0.2, 0) is 44.6 Å². The summed E-state index contributed by atoms with van der Waals surface area (Å²) in [6, 6.07) is 8.79. The normalized spacial score (nSPS) is 23.1. The van der Waals surface area contributed by atoms with E-state index in [1.807, 2.05) is 0 Å². The first kappa shape index (κ1) is 37.2. The molecule has 2 bridgehead atoms. The van der Waals surface area contributed by atoms with Crippen LogP contribution in [0.25, 0.3) is 0 Å². The Morgan fingerprint density at radius 1 is 0.653 bits per heavy atom. The Morgan fingerprint density at radius 3 is 1.31 bits per heavy atom. The predicted molar refractivity (Wildman–Crippen MR) is 166 cm³/mol. The number of benzene rings is 2. The molecule has 0 spiro atoms. The largest absolute Gasteiger partial charge is 0.416 e. The monoisotopic (exact) mass is 700 g/mol. The molecule has 2 aliphatic carbocycles. The number of nitrogens with two attached hydrogens (primary N) is 4. The van der Waals surface area contributed by atoms with Crippen LogP contribution in [0, 0.1) is 23.7 Å². The highest BCUT2D eigenvalue weighted by atomic mass is 19.4. The third kappa shape index (κ3) is 9.75. The number of aliphatic imine (C=N–C) groups is 2. The zero-order valence-corrected chi connectivity index (χ0v) is 26.1. The molecule has 49 heavy (non-hydrogen) atoms. The van der Waals surface area contributed by atoms with Crippen LogP contribution in [0.2, 0.25) is 0 Å². The van der Waals surface area contributed by atoms with Gasteiger partial charge in [0.25, 0.3) is 0 Å². The van der Waals surface area contributed by atoms with Crippen molar-refractivity contribution in [1.29, 1.82) is 0 Å². The number of amides is 2. The summed E-state index contributed by atoms with van der Waals surface area (Å²) in [4.78, 5) is 34.9. The molecule has 0 aliphatic heterocycles. The topological polar surface area (TPSA) is 205 Å². The lowest BCUT2D eigenvalue weighted by Crippen LogP contribution is -2.54. The zero-order chi connectivity index (χ0) is 35.9. The summed E-state index contributed by atoms with van der Waals surface area (Å²) >= 11 is 0. The van der Waals surface area contributed by atoms with Gasteiger partial charge in [0.15, 0.2) is 11.9 Å². The second-order valence-electron chi connectivity index (χ2n) is 11.8. The number of halogens is 6. The zero-order valence-electron chi connectivity index (χ0n) is 26.1. The molecule has 6 atom stereocenters. The fraction of sp³-hybridized carbons (Fsp3) is 0.484. The molecule has 2 aromatic carbocycles. The van der Waals surface area contributed by atoms with Crippen LogP contribution in [0.15, 0.2) is 58.5 Å². The first-order valence-corrected chi connectivity index (χ1v) is 15.3. The number of guanidine groups is 2. The van der Waals surface area contributed by atoms with Crippen molar-refractivity contribution in [3.05, 3.63) is 70.8 Å². The Morgan fingerprint density at radius 2 is 1.00 bits per heavy atom. The lowest BCUT2D eigenvalue weighted by molar-refractivity contribution is -0.158. The van der Waals surface area contributed by atoms with Gasteiger partial charge in [-0.1, -0.05) is 24.3 Å². The molecular weight excluding hydrogens is 662 g/mol. The van der Waals surface area contributed by atoms with Crippen LogP contribution in [0.1, 0.15) is 28.7 Å². The van der Waals surface area contributed by atoms with E-state index in [-0.39, 0.29) is 51.3 Å². The molecule has 18 heteroatoms. The molecule has 2 aliphatic rings. The Bertz CT molecular complexity index is 1380. The molecule has 2 amide bonds. The fourth-order valence-electron chi connectivity index (χ4n) is 6.38. The van der Waals surface area contributed by atoms with Crippen molar-refractivity contribution in [2.24, 2.45) is 56.6 Å². The van der Waals surface area contributed by atoms with Crippen LogP contribution in [-0.4, -0.2) is 62.1 Å². The van der Waals surface area contributed by atoms with E-state index in [4.69, 9.17) is 32.4 Å². The number of nitrogens with zero attached hydrogens (tertiary/aromatic N) is 2. The average Bonchev–Trinajstić information content (AvgIpc) is 3.58. The molecule has 10 N–H and O–H groups in total. The highest BCUT2D eigenvalue weighted by Crippen LogP contribution is 2.55. The lowest BCUT2D eigenvalue weighted by atomic mass is 9.75. The van der Waals surface area contributed by atoms with Gasteiger partial charge in [-0.3, -0.25) is 19.6 Å². The van der Waals surface area contributed by atoms with Crippen molar-refractivity contribution < 1.29 is 45.4 Å². The van der Waals surface area contributed by atoms with Crippen molar-refractivity contribution in [1.82, 2.24) is 10.6 Å². The summed E-state index contributed by atoms with van der Waals surface area (Å²) in [5.41, 5.74) is 20.6. The molecule has 2 saturated carbocycles. The summed E-state index contributed by atoms with van der Waals surface area (Å²) < 4.78 is 91.1. The van der Waals surface area contributed by atoms with Crippen LogP contribution >= 0.6 is 0 Å². The Hall–Kier alpha value is -4.58. The second-order valence-corrected chi connectivity index (χ2v) is 11.8. The molecular formula is C31H38F6N8O4. The molecule has 12 nitrogen and oxygen atoms in total. The number of carbonyl (C=O) groups is 2. The second kappa shape index (κ2) is 15.8. The van der Waals surface area contributed by atoms with E-state index in [2.05, 4.69) is 20.6 Å². The van der Waals surface area contributed by atoms with Crippen molar-refractivity contribution in [2.45, 2.75) is 44.2 Å². The van der Waals surface area contributed by atoms with Gasteiger partial charge in [-0.05, 0) is 41.8 Å². The SMILES string of the molecule is NC(N)=NCCNC(=O)[C@@H]1[C@@H]2C[C@@H]([C@@H](OCc3ccc(C(F)(F)F)cc3)[C@H]2OCc2ccc(C(F)(F)F)cc2)[C@H]1C(=O)NCCN=C(N)N. The number of fused-ring (bicyclic) bond motifs is 2. The number of rotatable bonds is 14. The van der Waals surface area contributed by atoms with E-state index < -0.39 is 71.2 Å². The third-order valence-electron chi connectivity index (χ3n) is 8.49. The van der Waals surface area contributed by atoms with E-state index in [1.54, 1.807) is 0 Å². The number of hydrogen-bond donors (Lipinski definition) is 6. The van der Waals surface area contributed by atoms with Gasteiger partial charge in [0, 0.05) is 24.9 Å². The minimum Gasteiger partial charge on any atom is -0.371 e. The summed E-state index contributed by atoms with van der Waals surface area (Å²) in [5.74, 6) is -4.23. The Kier molecular flexibility index (Phi) is 12.0. The van der Waals surface area contributed by atoms with E-state index in [1.165, 1.54) is 24.3 Å². The van der Waals surface area contributed by atoms with Crippen molar-refractivity contribution in [2.75, 3.05) is 26.2 Å². The van der Waals surface area contributed by atoms with Crippen LogP contribution in [0.3, 0.4) is 0 Å². The molecule has 4 rings (SSSR count). The minimum absolute atomic E-state index is 0.0639. The van der Waals surface area contributed by atoms with Gasteiger partial charge in [0.05, 0.1) is 61.5 Å². The Labute approximate surface area is 277 Å². The highest BCUT2D eigenvalue weighted by Gasteiger charge is 2.63. The third-order valence-corrected chi connectivity index (χ3v) is 8.49. The van der Waals surface area contributed by atoms with Crippen LogP contribution in [0.4, 0.5) is 26.3 Å². The van der Waals surface area contributed by atoms with Gasteiger partial charge in [-0.2, -0.15) is 26.3 Å². The van der Waals surface area contributed by atoms with Crippen molar-refractivity contribution in [3.8, 4) is 0 Å². The number of hydrogen-bond acceptors (Lipinski definition) is 6. The maximum absolute atomic E-state index is 13.6. The molecule has 0 heterocycles.